The Balaban J connectivity index is 2.07. The molecule has 0 aromatic rings. The molecular formula is C6H10O2S2. The van der Waals surface area contributed by atoms with Gasteiger partial charge in [-0.3, -0.25) is 4.79 Å². The van der Waals surface area contributed by atoms with Crippen LogP contribution in [-0.2, 0) is 4.79 Å². The number of carboxylic acids is 1. The zero-order chi connectivity index (χ0) is 7.40. The van der Waals surface area contributed by atoms with Gasteiger partial charge in [-0.2, -0.15) is 0 Å². The molecule has 1 N–H and O–H groups in total. The summed E-state index contributed by atoms with van der Waals surface area (Å²) in [4.78, 5) is 10.1. The van der Waals surface area contributed by atoms with Crippen molar-refractivity contribution in [2.45, 2.75) is 24.5 Å². The fraction of sp³-hybridized carbons (Fsp3) is 0.833. The predicted octanol–water partition coefficient (Wildman–Crippen LogP) is 2.00. The number of carbonyl (C=O) groups is 1. The van der Waals surface area contributed by atoms with Crippen LogP contribution in [0.5, 0.6) is 0 Å². The maximum atomic E-state index is 10.1. The van der Waals surface area contributed by atoms with Gasteiger partial charge in [0.05, 0.1) is 0 Å². The molecule has 1 aliphatic heterocycles. The van der Waals surface area contributed by atoms with E-state index in [1.165, 1.54) is 12.2 Å². The molecule has 0 aromatic carbocycles. The second-order valence-electron chi connectivity index (χ2n) is 2.26. The molecule has 10 heavy (non-hydrogen) atoms. The van der Waals surface area contributed by atoms with Gasteiger partial charge in [0, 0.05) is 17.4 Å². The number of hydrogen-bond acceptors (Lipinski definition) is 3. The van der Waals surface area contributed by atoms with E-state index in [0.29, 0.717) is 11.7 Å². The molecule has 0 unspecified atom stereocenters. The third-order valence-electron chi connectivity index (χ3n) is 1.41. The molecule has 0 aliphatic carbocycles. The zero-order valence-corrected chi connectivity index (χ0v) is 7.21. The summed E-state index contributed by atoms with van der Waals surface area (Å²) in [6.45, 7) is 0. The van der Waals surface area contributed by atoms with Gasteiger partial charge < -0.3 is 5.11 Å². The summed E-state index contributed by atoms with van der Waals surface area (Å²) in [6, 6.07) is 0. The molecule has 1 saturated heterocycles. The lowest BCUT2D eigenvalue weighted by molar-refractivity contribution is -0.137. The van der Waals surface area contributed by atoms with Crippen molar-refractivity contribution in [1.82, 2.24) is 0 Å². The Morgan fingerprint density at radius 1 is 1.70 bits per heavy atom. The predicted molar refractivity (Wildman–Crippen MR) is 45.3 cm³/mol. The minimum atomic E-state index is -0.669. The van der Waals surface area contributed by atoms with Crippen molar-refractivity contribution >= 4 is 27.6 Å². The third kappa shape index (κ3) is 2.84. The molecule has 1 fully saturated rings. The normalized spacial score (nSPS) is 25.0. The molecule has 1 rings (SSSR count). The average molecular weight is 178 g/mol. The van der Waals surface area contributed by atoms with E-state index in [9.17, 15) is 4.79 Å². The summed E-state index contributed by atoms with van der Waals surface area (Å²) in [7, 11) is 3.70. The van der Waals surface area contributed by atoms with Gasteiger partial charge in [0.2, 0.25) is 0 Å². The average Bonchev–Trinajstić information content (AvgIpc) is 2.34. The van der Waals surface area contributed by atoms with Crippen molar-refractivity contribution in [3.8, 4) is 0 Å². The van der Waals surface area contributed by atoms with E-state index in [4.69, 9.17) is 5.11 Å². The lowest BCUT2D eigenvalue weighted by atomic mass is 10.2. The summed E-state index contributed by atoms with van der Waals surface area (Å²) >= 11 is 0. The highest BCUT2D eigenvalue weighted by Gasteiger charge is 2.16. The van der Waals surface area contributed by atoms with Gasteiger partial charge in [-0.05, 0) is 12.8 Å². The smallest absolute Gasteiger partial charge is 0.303 e. The number of hydrogen-bond donors (Lipinski definition) is 1. The van der Waals surface area contributed by atoms with E-state index in [1.54, 1.807) is 0 Å². The Bertz CT molecular complexity index is 121. The second-order valence-corrected chi connectivity index (χ2v) is 5.05. The van der Waals surface area contributed by atoms with Crippen molar-refractivity contribution < 1.29 is 9.90 Å². The molecule has 4 heteroatoms. The lowest BCUT2D eigenvalue weighted by Crippen LogP contribution is -2.02. The molecule has 1 heterocycles. The van der Waals surface area contributed by atoms with Crippen LogP contribution in [0.2, 0.25) is 0 Å². The highest BCUT2D eigenvalue weighted by Crippen LogP contribution is 2.39. The van der Waals surface area contributed by atoms with Crippen LogP contribution >= 0.6 is 21.6 Å². The standard InChI is InChI=1S/C6H10O2S2/c7-6(8)2-1-5-3-4-9-10-5/h5H,1-4H2,(H,7,8)/t5-/m0/s1. The van der Waals surface area contributed by atoms with Crippen molar-refractivity contribution in [2.75, 3.05) is 5.75 Å². The SMILES string of the molecule is O=C(O)CC[C@H]1CCSS1. The van der Waals surface area contributed by atoms with E-state index in [-0.39, 0.29) is 0 Å². The molecule has 1 aliphatic rings. The number of rotatable bonds is 3. The molecule has 0 bridgehead atoms. The topological polar surface area (TPSA) is 37.3 Å². The van der Waals surface area contributed by atoms with E-state index in [2.05, 4.69) is 0 Å². The quantitative estimate of drug-likeness (QED) is 0.671. The van der Waals surface area contributed by atoms with Gasteiger partial charge in [0.1, 0.15) is 0 Å². The molecule has 1 atom stereocenters. The Morgan fingerprint density at radius 2 is 2.50 bits per heavy atom. The number of aliphatic carboxylic acids is 1. The van der Waals surface area contributed by atoms with Crippen molar-refractivity contribution in [3.05, 3.63) is 0 Å². The van der Waals surface area contributed by atoms with Crippen molar-refractivity contribution in [2.24, 2.45) is 0 Å². The second kappa shape index (κ2) is 4.13. The Labute approximate surface area is 68.2 Å². The van der Waals surface area contributed by atoms with E-state index < -0.39 is 5.97 Å². The minimum absolute atomic E-state index is 0.332. The van der Waals surface area contributed by atoms with E-state index in [0.717, 1.165) is 6.42 Å². The van der Waals surface area contributed by atoms with Gasteiger partial charge in [0.25, 0.3) is 0 Å². The van der Waals surface area contributed by atoms with Crippen LogP contribution in [0.25, 0.3) is 0 Å². The molecule has 0 radical (unpaired) electrons. The first-order chi connectivity index (χ1) is 4.79. The van der Waals surface area contributed by atoms with Gasteiger partial charge in [-0.15, -0.1) is 0 Å². The van der Waals surface area contributed by atoms with Crippen LogP contribution in [0.4, 0.5) is 0 Å². The van der Waals surface area contributed by atoms with Crippen LogP contribution in [0, 0.1) is 0 Å². The summed E-state index contributed by atoms with van der Waals surface area (Å²) in [6.07, 6.45) is 2.36. The first-order valence-corrected chi connectivity index (χ1v) is 5.67. The van der Waals surface area contributed by atoms with Crippen LogP contribution in [-0.4, -0.2) is 22.1 Å². The summed E-state index contributed by atoms with van der Waals surface area (Å²) < 4.78 is 0. The molecular weight excluding hydrogens is 168 g/mol. The maximum Gasteiger partial charge on any atom is 0.303 e. The number of carboxylic acid groups (broad SMARTS) is 1. The van der Waals surface area contributed by atoms with Crippen molar-refractivity contribution in [3.63, 3.8) is 0 Å². The Hall–Kier alpha value is 0.170. The van der Waals surface area contributed by atoms with Crippen LogP contribution < -0.4 is 0 Å². The largest absolute Gasteiger partial charge is 0.481 e. The fourth-order valence-corrected chi connectivity index (χ4v) is 3.83. The van der Waals surface area contributed by atoms with Gasteiger partial charge in [-0.25, -0.2) is 0 Å². The highest BCUT2D eigenvalue weighted by molar-refractivity contribution is 8.77. The minimum Gasteiger partial charge on any atom is -0.481 e. The Morgan fingerprint density at radius 3 is 3.00 bits per heavy atom. The summed E-state index contributed by atoms with van der Waals surface area (Å²) in [5, 5.41) is 8.96. The summed E-state index contributed by atoms with van der Waals surface area (Å²) in [5.41, 5.74) is 0. The van der Waals surface area contributed by atoms with Crippen LogP contribution in [0.15, 0.2) is 0 Å². The lowest BCUT2D eigenvalue weighted by Gasteiger charge is -2.02. The Kier molecular flexibility index (Phi) is 3.42. The molecule has 58 valence electrons. The first kappa shape index (κ1) is 8.27. The molecule has 0 amide bonds. The third-order valence-corrected chi connectivity index (χ3v) is 4.41. The van der Waals surface area contributed by atoms with E-state index in [1.807, 2.05) is 21.6 Å². The van der Waals surface area contributed by atoms with Gasteiger partial charge in [0.15, 0.2) is 0 Å². The highest BCUT2D eigenvalue weighted by atomic mass is 33.1. The molecule has 2 nitrogen and oxygen atoms in total. The first-order valence-electron chi connectivity index (χ1n) is 3.29. The van der Waals surface area contributed by atoms with Crippen LogP contribution in [0.1, 0.15) is 19.3 Å². The zero-order valence-electron chi connectivity index (χ0n) is 5.58. The fourth-order valence-electron chi connectivity index (χ4n) is 0.849. The molecule has 0 spiro atoms. The van der Waals surface area contributed by atoms with Crippen LogP contribution in [0.3, 0.4) is 0 Å². The molecule has 0 saturated carbocycles. The van der Waals surface area contributed by atoms with Gasteiger partial charge >= 0.3 is 5.97 Å². The maximum absolute atomic E-state index is 10.1. The monoisotopic (exact) mass is 178 g/mol. The summed E-state index contributed by atoms with van der Waals surface area (Å²) in [5.74, 6) is 0.520. The van der Waals surface area contributed by atoms with Crippen molar-refractivity contribution in [1.29, 1.82) is 0 Å². The van der Waals surface area contributed by atoms with E-state index >= 15 is 0 Å². The molecule has 0 aromatic heterocycles. The van der Waals surface area contributed by atoms with Gasteiger partial charge in [-0.1, -0.05) is 21.6 Å².